The van der Waals surface area contributed by atoms with E-state index >= 15 is 0 Å². The van der Waals surface area contributed by atoms with Crippen molar-refractivity contribution in [1.82, 2.24) is 18.8 Å². The first-order valence-electron chi connectivity index (χ1n) is 9.79. The molecule has 0 aliphatic carbocycles. The Labute approximate surface area is 163 Å². The Morgan fingerprint density at radius 3 is 2.19 bits per heavy atom. The molecule has 7 nitrogen and oxygen atoms in total. The quantitative estimate of drug-likeness (QED) is 0.733. The van der Waals surface area contributed by atoms with Crippen LogP contribution < -0.4 is 5.32 Å². The molecule has 0 bridgehead atoms. The first kappa shape index (κ1) is 21.7. The Balaban J connectivity index is 1.96. The zero-order valence-corrected chi connectivity index (χ0v) is 17.4. The standard InChI is InChI=1S/C19H32N4O3S/c1-4-10-18(17-11-8-7-9-12-17)20-19(24)21-13-15-23(16-14-21)27(25,26)22(5-2)6-3/h7-9,11-12,18H,4-6,10,13-16H2,1-3H3,(H,20,24)/t18-/m0/s1. The lowest BCUT2D eigenvalue weighted by Crippen LogP contribution is -2.56. The summed E-state index contributed by atoms with van der Waals surface area (Å²) in [6, 6.07) is 9.80. The van der Waals surface area contributed by atoms with Crippen LogP contribution in [0, 0.1) is 0 Å². The number of carbonyl (C=O) groups excluding carboxylic acids is 1. The average molecular weight is 397 g/mol. The number of nitrogens with zero attached hydrogens (tertiary/aromatic N) is 3. The molecule has 8 heteroatoms. The summed E-state index contributed by atoms with van der Waals surface area (Å²) in [5.41, 5.74) is 1.09. The Morgan fingerprint density at radius 1 is 1.07 bits per heavy atom. The van der Waals surface area contributed by atoms with Gasteiger partial charge in [0.2, 0.25) is 0 Å². The fourth-order valence-electron chi connectivity index (χ4n) is 3.37. The van der Waals surface area contributed by atoms with Crippen molar-refractivity contribution in [1.29, 1.82) is 0 Å². The molecular weight excluding hydrogens is 364 g/mol. The average Bonchev–Trinajstić information content (AvgIpc) is 2.69. The molecule has 0 unspecified atom stereocenters. The highest BCUT2D eigenvalue weighted by Crippen LogP contribution is 2.19. The molecule has 152 valence electrons. The lowest BCUT2D eigenvalue weighted by Gasteiger charge is -2.36. The molecule has 2 rings (SSSR count). The van der Waals surface area contributed by atoms with Gasteiger partial charge in [0.05, 0.1) is 6.04 Å². The second-order valence-corrected chi connectivity index (χ2v) is 8.61. The molecule has 0 spiro atoms. The van der Waals surface area contributed by atoms with Crippen LogP contribution in [-0.4, -0.2) is 67.2 Å². The van der Waals surface area contributed by atoms with Gasteiger partial charge >= 0.3 is 6.03 Å². The third-order valence-corrected chi connectivity index (χ3v) is 7.15. The maximum absolute atomic E-state index is 12.7. The van der Waals surface area contributed by atoms with E-state index in [4.69, 9.17) is 0 Å². The Kier molecular flexibility index (Phi) is 8.07. The molecule has 0 radical (unpaired) electrons. The Morgan fingerprint density at radius 2 is 1.67 bits per heavy atom. The van der Waals surface area contributed by atoms with E-state index in [2.05, 4.69) is 12.2 Å². The fourth-order valence-corrected chi connectivity index (χ4v) is 4.98. The van der Waals surface area contributed by atoms with Crippen molar-refractivity contribution < 1.29 is 13.2 Å². The van der Waals surface area contributed by atoms with Gasteiger partial charge in [-0.1, -0.05) is 57.5 Å². The van der Waals surface area contributed by atoms with Crippen molar-refractivity contribution in [3.8, 4) is 0 Å². The van der Waals surface area contributed by atoms with Crippen molar-refractivity contribution in [2.24, 2.45) is 0 Å². The van der Waals surface area contributed by atoms with Gasteiger partial charge in [-0.2, -0.15) is 17.0 Å². The van der Waals surface area contributed by atoms with Gasteiger partial charge in [0, 0.05) is 39.3 Å². The lowest BCUT2D eigenvalue weighted by molar-refractivity contribution is 0.165. The van der Waals surface area contributed by atoms with E-state index < -0.39 is 10.2 Å². The zero-order valence-electron chi connectivity index (χ0n) is 16.6. The van der Waals surface area contributed by atoms with Crippen molar-refractivity contribution in [2.45, 2.75) is 39.7 Å². The third kappa shape index (κ3) is 5.43. The van der Waals surface area contributed by atoms with Crippen LogP contribution in [0.5, 0.6) is 0 Å². The SMILES string of the molecule is CCC[C@H](NC(=O)N1CCN(S(=O)(=O)N(CC)CC)CC1)c1ccccc1. The molecule has 0 saturated carbocycles. The Hall–Kier alpha value is -1.64. The summed E-state index contributed by atoms with van der Waals surface area (Å²) in [5, 5.41) is 3.11. The largest absolute Gasteiger partial charge is 0.331 e. The summed E-state index contributed by atoms with van der Waals surface area (Å²) in [6.07, 6.45) is 1.84. The Bertz CT molecular complexity index is 684. The van der Waals surface area contributed by atoms with Gasteiger partial charge in [-0.25, -0.2) is 4.79 Å². The number of amides is 2. The van der Waals surface area contributed by atoms with E-state index in [-0.39, 0.29) is 12.1 Å². The molecule has 1 aromatic rings. The van der Waals surface area contributed by atoms with E-state index in [1.165, 1.54) is 8.61 Å². The molecule has 1 aliphatic heterocycles. The summed E-state index contributed by atoms with van der Waals surface area (Å²) in [4.78, 5) is 14.4. The van der Waals surface area contributed by atoms with Crippen molar-refractivity contribution in [3.05, 3.63) is 35.9 Å². The molecule has 1 heterocycles. The van der Waals surface area contributed by atoms with E-state index in [0.717, 1.165) is 18.4 Å². The van der Waals surface area contributed by atoms with Crippen LogP contribution in [-0.2, 0) is 10.2 Å². The summed E-state index contributed by atoms with van der Waals surface area (Å²) < 4.78 is 28.1. The van der Waals surface area contributed by atoms with Gasteiger partial charge in [0.1, 0.15) is 0 Å². The minimum atomic E-state index is -3.44. The molecule has 2 amide bonds. The highest BCUT2D eigenvalue weighted by molar-refractivity contribution is 7.86. The topological polar surface area (TPSA) is 73.0 Å². The molecular formula is C19H32N4O3S. The molecule has 27 heavy (non-hydrogen) atoms. The summed E-state index contributed by atoms with van der Waals surface area (Å²) >= 11 is 0. The number of nitrogens with one attached hydrogen (secondary N) is 1. The number of carbonyl (C=O) groups is 1. The van der Waals surface area contributed by atoms with Crippen LogP contribution >= 0.6 is 0 Å². The van der Waals surface area contributed by atoms with E-state index in [1.54, 1.807) is 4.90 Å². The number of urea groups is 1. The maximum atomic E-state index is 12.7. The number of hydrogen-bond donors (Lipinski definition) is 1. The molecule has 1 aromatic carbocycles. The number of rotatable bonds is 8. The lowest BCUT2D eigenvalue weighted by atomic mass is 10.0. The van der Waals surface area contributed by atoms with Crippen LogP contribution in [0.2, 0.25) is 0 Å². The van der Waals surface area contributed by atoms with Gasteiger partial charge in [-0.15, -0.1) is 0 Å². The predicted molar refractivity (Wildman–Crippen MR) is 108 cm³/mol. The summed E-state index contributed by atoms with van der Waals surface area (Å²) in [6.45, 7) is 8.14. The second kappa shape index (κ2) is 10.1. The monoisotopic (exact) mass is 396 g/mol. The van der Waals surface area contributed by atoms with Gasteiger partial charge < -0.3 is 10.2 Å². The first-order valence-corrected chi connectivity index (χ1v) is 11.2. The van der Waals surface area contributed by atoms with E-state index in [0.29, 0.717) is 39.3 Å². The van der Waals surface area contributed by atoms with Crippen LogP contribution in [0.1, 0.15) is 45.2 Å². The van der Waals surface area contributed by atoms with Crippen LogP contribution in [0.4, 0.5) is 4.79 Å². The van der Waals surface area contributed by atoms with Crippen molar-refractivity contribution in [2.75, 3.05) is 39.3 Å². The van der Waals surface area contributed by atoms with Gasteiger partial charge in [-0.05, 0) is 12.0 Å². The molecule has 1 fully saturated rings. The van der Waals surface area contributed by atoms with E-state index in [1.807, 2.05) is 44.2 Å². The molecule has 1 N–H and O–H groups in total. The maximum Gasteiger partial charge on any atom is 0.317 e. The minimum absolute atomic E-state index is 0.0267. The van der Waals surface area contributed by atoms with E-state index in [9.17, 15) is 13.2 Å². The molecule has 0 aromatic heterocycles. The summed E-state index contributed by atoms with van der Waals surface area (Å²) in [7, 11) is -3.44. The minimum Gasteiger partial charge on any atom is -0.331 e. The van der Waals surface area contributed by atoms with Crippen LogP contribution in [0.3, 0.4) is 0 Å². The summed E-state index contributed by atoms with van der Waals surface area (Å²) in [5.74, 6) is 0. The zero-order chi connectivity index (χ0) is 19.9. The molecule has 1 aliphatic rings. The number of benzene rings is 1. The predicted octanol–water partition coefficient (Wildman–Crippen LogP) is 2.44. The van der Waals surface area contributed by atoms with Gasteiger partial charge in [0.15, 0.2) is 0 Å². The second-order valence-electron chi connectivity index (χ2n) is 6.68. The van der Waals surface area contributed by atoms with Crippen LogP contribution in [0.15, 0.2) is 30.3 Å². The van der Waals surface area contributed by atoms with Gasteiger partial charge in [0.25, 0.3) is 10.2 Å². The van der Waals surface area contributed by atoms with Crippen molar-refractivity contribution >= 4 is 16.2 Å². The molecule has 1 atom stereocenters. The first-order chi connectivity index (χ1) is 12.9. The van der Waals surface area contributed by atoms with Gasteiger partial charge in [-0.3, -0.25) is 0 Å². The molecule has 1 saturated heterocycles. The normalized spacial score (nSPS) is 17.1. The number of piperazine rings is 1. The fraction of sp³-hybridized carbons (Fsp3) is 0.632. The number of hydrogen-bond acceptors (Lipinski definition) is 3. The third-order valence-electron chi connectivity index (χ3n) is 4.96. The smallest absolute Gasteiger partial charge is 0.317 e. The highest BCUT2D eigenvalue weighted by atomic mass is 32.2. The van der Waals surface area contributed by atoms with Crippen LogP contribution in [0.25, 0.3) is 0 Å². The van der Waals surface area contributed by atoms with Crippen molar-refractivity contribution in [3.63, 3.8) is 0 Å². The highest BCUT2D eigenvalue weighted by Gasteiger charge is 2.32.